The Morgan fingerprint density at radius 2 is 2.20 bits per heavy atom. The molecule has 0 spiro atoms. The molecule has 0 bridgehead atoms. The summed E-state index contributed by atoms with van der Waals surface area (Å²) >= 11 is 5.99. The van der Waals surface area contributed by atoms with Crippen LogP contribution in [0, 0.1) is 5.92 Å². The molecule has 4 nitrogen and oxygen atoms in total. The molecule has 2 rings (SSSR count). The Hall–Kier alpha value is -1.55. The van der Waals surface area contributed by atoms with Crippen LogP contribution < -0.4 is 11.2 Å². The Morgan fingerprint density at radius 1 is 1.47 bits per heavy atom. The van der Waals surface area contributed by atoms with Crippen molar-refractivity contribution in [3.63, 3.8) is 0 Å². The number of hydrogen-bond donors (Lipinski definition) is 2. The number of amidine groups is 1. The maximum Gasteiger partial charge on any atom is 0.251 e. The lowest BCUT2D eigenvalue weighted by atomic mass is 9.98. The van der Waals surface area contributed by atoms with E-state index in [0.717, 1.165) is 5.56 Å². The van der Waals surface area contributed by atoms with Crippen molar-refractivity contribution in [1.29, 1.82) is 0 Å². The van der Waals surface area contributed by atoms with E-state index in [2.05, 4.69) is 10.5 Å². The van der Waals surface area contributed by atoms with Crippen LogP contribution in [0.25, 0.3) is 0 Å². The molecule has 0 aliphatic carbocycles. The second kappa shape index (κ2) is 3.90. The van der Waals surface area contributed by atoms with Gasteiger partial charge in [-0.1, -0.05) is 29.8 Å². The van der Waals surface area contributed by atoms with Gasteiger partial charge in [0.1, 0.15) is 11.8 Å². The summed E-state index contributed by atoms with van der Waals surface area (Å²) in [5.41, 5.74) is 8.83. The second-order valence-electron chi connectivity index (χ2n) is 3.36. The summed E-state index contributed by atoms with van der Waals surface area (Å²) in [6.45, 7) is 0. The zero-order valence-electron chi connectivity index (χ0n) is 7.90. The SMILES string of the molecule is NC1=NNC(=O)C1Cc1ccccc1Cl. The molecule has 0 radical (unpaired) electrons. The Labute approximate surface area is 92.1 Å². The molecule has 1 atom stereocenters. The smallest absolute Gasteiger partial charge is 0.251 e. The van der Waals surface area contributed by atoms with Gasteiger partial charge >= 0.3 is 0 Å². The number of amides is 1. The van der Waals surface area contributed by atoms with Gasteiger partial charge in [-0.3, -0.25) is 4.79 Å². The van der Waals surface area contributed by atoms with E-state index in [1.165, 1.54) is 0 Å². The fraction of sp³-hybridized carbons (Fsp3) is 0.200. The number of carbonyl (C=O) groups is 1. The standard InChI is InChI=1S/C10H10ClN3O/c11-8-4-2-1-3-6(8)5-7-9(12)13-14-10(7)15/h1-4,7H,5H2,(H2,12,13)(H,14,15). The first-order chi connectivity index (χ1) is 7.18. The fourth-order valence-electron chi connectivity index (χ4n) is 1.49. The summed E-state index contributed by atoms with van der Waals surface area (Å²) in [7, 11) is 0. The molecule has 78 valence electrons. The molecule has 15 heavy (non-hydrogen) atoms. The lowest BCUT2D eigenvalue weighted by molar-refractivity contribution is -0.122. The molecule has 5 heteroatoms. The molecule has 0 fully saturated rings. The van der Waals surface area contributed by atoms with Gasteiger partial charge in [-0.15, -0.1) is 0 Å². The fourth-order valence-corrected chi connectivity index (χ4v) is 1.70. The number of nitrogens with zero attached hydrogens (tertiary/aromatic N) is 1. The molecule has 1 unspecified atom stereocenters. The van der Waals surface area contributed by atoms with Gasteiger partial charge in [0.15, 0.2) is 0 Å². The predicted octanol–water partition coefficient (Wildman–Crippen LogP) is 0.901. The van der Waals surface area contributed by atoms with Crippen molar-refractivity contribution in [2.75, 3.05) is 0 Å². The predicted molar refractivity (Wildman–Crippen MR) is 58.4 cm³/mol. The summed E-state index contributed by atoms with van der Waals surface area (Å²) in [6.07, 6.45) is 0.487. The Kier molecular flexibility index (Phi) is 2.60. The second-order valence-corrected chi connectivity index (χ2v) is 3.77. The maximum atomic E-state index is 11.4. The van der Waals surface area contributed by atoms with Gasteiger partial charge in [0.05, 0.1) is 0 Å². The van der Waals surface area contributed by atoms with Crippen molar-refractivity contribution in [1.82, 2.24) is 5.43 Å². The number of nitrogens with two attached hydrogens (primary N) is 1. The highest BCUT2D eigenvalue weighted by atomic mass is 35.5. The Bertz CT molecular complexity index is 430. The zero-order chi connectivity index (χ0) is 10.8. The van der Waals surface area contributed by atoms with Gasteiger partial charge in [-0.05, 0) is 18.1 Å². The lowest BCUT2D eigenvalue weighted by Crippen LogP contribution is -2.29. The number of hydrazone groups is 1. The van der Waals surface area contributed by atoms with Crippen LogP contribution >= 0.6 is 11.6 Å². The van der Waals surface area contributed by atoms with Gasteiger partial charge in [-0.25, -0.2) is 5.43 Å². The summed E-state index contributed by atoms with van der Waals surface area (Å²) in [4.78, 5) is 11.4. The first-order valence-corrected chi connectivity index (χ1v) is 4.92. The molecule has 1 aromatic carbocycles. The van der Waals surface area contributed by atoms with Crippen LogP contribution in [-0.4, -0.2) is 11.7 Å². The number of rotatable bonds is 2. The number of carbonyl (C=O) groups excluding carboxylic acids is 1. The van der Waals surface area contributed by atoms with E-state index in [1.54, 1.807) is 6.07 Å². The monoisotopic (exact) mass is 223 g/mol. The average Bonchev–Trinajstić information content (AvgIpc) is 2.53. The van der Waals surface area contributed by atoms with E-state index >= 15 is 0 Å². The quantitative estimate of drug-likeness (QED) is 0.782. The average molecular weight is 224 g/mol. The van der Waals surface area contributed by atoms with Crippen molar-refractivity contribution in [3.05, 3.63) is 34.9 Å². The summed E-state index contributed by atoms with van der Waals surface area (Å²) in [5, 5.41) is 4.32. The topological polar surface area (TPSA) is 67.5 Å². The largest absolute Gasteiger partial charge is 0.385 e. The molecule has 0 saturated carbocycles. The third-order valence-electron chi connectivity index (χ3n) is 2.35. The van der Waals surface area contributed by atoms with Gasteiger partial charge in [0.25, 0.3) is 5.91 Å². The van der Waals surface area contributed by atoms with Gasteiger partial charge in [0, 0.05) is 5.02 Å². The number of nitrogens with one attached hydrogen (secondary N) is 1. The van der Waals surface area contributed by atoms with Crippen LogP contribution in [-0.2, 0) is 11.2 Å². The molecule has 1 amide bonds. The summed E-state index contributed by atoms with van der Waals surface area (Å²) in [5.74, 6) is -0.253. The van der Waals surface area contributed by atoms with E-state index < -0.39 is 5.92 Å². The van der Waals surface area contributed by atoms with E-state index in [0.29, 0.717) is 17.3 Å². The van der Waals surface area contributed by atoms with Gasteiger partial charge < -0.3 is 5.73 Å². The number of halogens is 1. The first-order valence-electron chi connectivity index (χ1n) is 4.55. The molecular formula is C10H10ClN3O. The van der Waals surface area contributed by atoms with E-state index in [1.807, 2.05) is 18.2 Å². The lowest BCUT2D eigenvalue weighted by Gasteiger charge is -2.08. The molecule has 0 saturated heterocycles. The molecule has 1 aliphatic rings. The molecule has 1 aromatic rings. The minimum Gasteiger partial charge on any atom is -0.385 e. The van der Waals surface area contributed by atoms with E-state index in [9.17, 15) is 4.79 Å². The Balaban J connectivity index is 2.19. The normalized spacial score (nSPS) is 19.9. The van der Waals surface area contributed by atoms with Crippen LogP contribution in [0.4, 0.5) is 0 Å². The highest BCUT2D eigenvalue weighted by Gasteiger charge is 2.28. The van der Waals surface area contributed by atoms with Crippen LogP contribution in [0.3, 0.4) is 0 Å². The van der Waals surface area contributed by atoms with Crippen molar-refractivity contribution >= 4 is 23.3 Å². The first kappa shape index (κ1) is 9.98. The third-order valence-corrected chi connectivity index (χ3v) is 2.72. The van der Waals surface area contributed by atoms with Crippen LogP contribution in [0.5, 0.6) is 0 Å². The van der Waals surface area contributed by atoms with Gasteiger partial charge in [-0.2, -0.15) is 5.10 Å². The molecule has 3 N–H and O–H groups in total. The number of benzene rings is 1. The summed E-state index contributed by atoms with van der Waals surface area (Å²) in [6, 6.07) is 7.39. The van der Waals surface area contributed by atoms with Crippen LogP contribution in [0.2, 0.25) is 5.02 Å². The van der Waals surface area contributed by atoms with Crippen LogP contribution in [0.1, 0.15) is 5.56 Å². The number of hydrogen-bond acceptors (Lipinski definition) is 3. The third kappa shape index (κ3) is 1.94. The van der Waals surface area contributed by atoms with Crippen LogP contribution in [0.15, 0.2) is 29.4 Å². The highest BCUT2D eigenvalue weighted by molar-refractivity contribution is 6.31. The maximum absolute atomic E-state index is 11.4. The summed E-state index contributed by atoms with van der Waals surface area (Å²) < 4.78 is 0. The highest BCUT2D eigenvalue weighted by Crippen LogP contribution is 2.20. The zero-order valence-corrected chi connectivity index (χ0v) is 8.66. The molecule has 1 heterocycles. The van der Waals surface area contributed by atoms with Crippen molar-refractivity contribution in [2.45, 2.75) is 6.42 Å². The Morgan fingerprint density at radius 3 is 2.80 bits per heavy atom. The minimum absolute atomic E-state index is 0.174. The van der Waals surface area contributed by atoms with Crippen molar-refractivity contribution in [3.8, 4) is 0 Å². The van der Waals surface area contributed by atoms with Crippen molar-refractivity contribution < 1.29 is 4.79 Å². The molecular weight excluding hydrogens is 214 g/mol. The molecule has 1 aliphatic heterocycles. The molecule has 0 aromatic heterocycles. The van der Waals surface area contributed by atoms with Gasteiger partial charge in [0.2, 0.25) is 0 Å². The van der Waals surface area contributed by atoms with E-state index in [-0.39, 0.29) is 5.91 Å². The van der Waals surface area contributed by atoms with E-state index in [4.69, 9.17) is 17.3 Å². The van der Waals surface area contributed by atoms with Crippen molar-refractivity contribution in [2.24, 2.45) is 16.8 Å². The minimum atomic E-state index is -0.398.